The molecule has 11 N–H and O–H groups in total. The van der Waals surface area contributed by atoms with E-state index in [4.69, 9.17) is 26.4 Å². The van der Waals surface area contributed by atoms with Crippen molar-refractivity contribution < 1.29 is 70.8 Å². The number of aliphatic hydroxyl groups excluding tert-OH is 1. The molecule has 0 fully saturated rings. The van der Waals surface area contributed by atoms with E-state index in [0.717, 1.165) is 23.8 Å². The number of aromatic nitrogens is 2. The van der Waals surface area contributed by atoms with E-state index in [0.29, 0.717) is 5.82 Å². The van der Waals surface area contributed by atoms with Gasteiger partial charge in [-0.05, 0) is 55.4 Å². The normalized spacial score (nSPS) is 13.2. The highest BCUT2D eigenvalue weighted by atomic mass is 19.4. The number of imidazole rings is 1. The Morgan fingerprint density at radius 3 is 2.08 bits per heavy atom. The predicted molar refractivity (Wildman–Crippen MR) is 222 cm³/mol. The smallest absolute Gasteiger partial charge is 0.480 e. The Bertz CT molecular complexity index is 2120. The minimum atomic E-state index is -5.08. The summed E-state index contributed by atoms with van der Waals surface area (Å²) in [7, 11) is 0. The van der Waals surface area contributed by atoms with Crippen molar-refractivity contribution in [1.82, 2.24) is 35.7 Å². The quantitative estimate of drug-likeness (QED) is 0.0549. The van der Waals surface area contributed by atoms with Gasteiger partial charge in [0.2, 0.25) is 23.6 Å². The van der Waals surface area contributed by atoms with Gasteiger partial charge in [0, 0.05) is 44.4 Å². The first-order chi connectivity index (χ1) is 30.3. The molecule has 24 heteroatoms. The van der Waals surface area contributed by atoms with Gasteiger partial charge in [0.05, 0.1) is 17.8 Å². The van der Waals surface area contributed by atoms with Crippen LogP contribution in [-0.4, -0.2) is 122 Å². The molecular weight excluding hydrogens is 873 g/mol. The topological polar surface area (TPSA) is 301 Å². The molecule has 0 saturated heterocycles. The Hall–Kier alpha value is -6.69. The first-order valence-corrected chi connectivity index (χ1v) is 19.9. The lowest BCUT2D eigenvalue weighted by Crippen LogP contribution is -2.51. The molecule has 2 aromatic carbocycles. The Morgan fingerprint density at radius 2 is 1.52 bits per heavy atom. The van der Waals surface area contributed by atoms with Crippen LogP contribution in [0.15, 0.2) is 54.7 Å². The third kappa shape index (κ3) is 18.1. The van der Waals surface area contributed by atoms with E-state index in [-0.39, 0.29) is 63.1 Å². The number of amides is 6. The van der Waals surface area contributed by atoms with E-state index in [1.165, 1.54) is 11.8 Å². The summed E-state index contributed by atoms with van der Waals surface area (Å²) in [6.45, 7) is 6.09. The number of benzene rings is 2. The summed E-state index contributed by atoms with van der Waals surface area (Å²) in [4.78, 5) is 88.9. The number of aliphatic hydroxyl groups is 1. The van der Waals surface area contributed by atoms with Gasteiger partial charge in [-0.3, -0.25) is 19.2 Å². The van der Waals surface area contributed by atoms with Crippen LogP contribution < -0.4 is 32.7 Å². The second-order valence-corrected chi connectivity index (χ2v) is 15.6. The van der Waals surface area contributed by atoms with Crippen molar-refractivity contribution >= 4 is 41.6 Å². The summed E-state index contributed by atoms with van der Waals surface area (Å²) < 4.78 is 62.8. The van der Waals surface area contributed by atoms with Gasteiger partial charge in [-0.1, -0.05) is 51.1 Å². The highest BCUT2D eigenvalue weighted by Crippen LogP contribution is 2.39. The number of hydrogen-bond donors (Lipinski definition) is 9. The van der Waals surface area contributed by atoms with E-state index < -0.39 is 95.6 Å². The van der Waals surface area contributed by atoms with Crippen LogP contribution in [0.3, 0.4) is 0 Å². The third-order valence-corrected chi connectivity index (χ3v) is 9.31. The number of nitrogens with two attached hydrogens (primary N) is 2. The Morgan fingerprint density at radius 1 is 0.892 bits per heavy atom. The van der Waals surface area contributed by atoms with E-state index in [2.05, 4.69) is 21.3 Å². The molecule has 358 valence electrons. The number of hydrogen-bond acceptors (Lipinski definition) is 10. The van der Waals surface area contributed by atoms with Crippen molar-refractivity contribution in [1.29, 1.82) is 0 Å². The summed E-state index contributed by atoms with van der Waals surface area (Å²) in [5.74, 6) is -7.82. The van der Waals surface area contributed by atoms with Gasteiger partial charge in [0.1, 0.15) is 36.1 Å². The minimum Gasteiger partial charge on any atom is -0.480 e. The molecule has 1 aromatic heterocycles. The zero-order valence-electron chi connectivity index (χ0n) is 36.0. The number of primary amides is 1. The zero-order chi connectivity index (χ0) is 49.2. The van der Waals surface area contributed by atoms with Crippen molar-refractivity contribution in [3.8, 4) is 11.3 Å². The number of carbonyl (C=O) groups excluding carboxylic acids is 5. The van der Waals surface area contributed by atoms with Crippen LogP contribution in [0.2, 0.25) is 0 Å². The second kappa shape index (κ2) is 25.0. The summed E-state index contributed by atoms with van der Waals surface area (Å²) >= 11 is 0. The fourth-order valence-corrected chi connectivity index (χ4v) is 6.15. The molecule has 19 nitrogen and oxygen atoms in total. The molecule has 0 radical (unpaired) electrons. The third-order valence-electron chi connectivity index (χ3n) is 9.31. The molecule has 6 amide bonds. The van der Waals surface area contributed by atoms with Crippen molar-refractivity contribution in [2.75, 3.05) is 26.2 Å². The first-order valence-electron chi connectivity index (χ1n) is 19.9. The Balaban J connectivity index is 0.00000191. The largest absolute Gasteiger partial charge is 0.490 e. The molecular formula is C41H54F5N9O10. The van der Waals surface area contributed by atoms with E-state index in [9.17, 15) is 60.9 Å². The molecule has 0 unspecified atom stereocenters. The summed E-state index contributed by atoms with van der Waals surface area (Å²) in [6.07, 6.45) is -3.63. The van der Waals surface area contributed by atoms with Crippen LogP contribution >= 0.6 is 0 Å². The number of carboxylic acid groups (broad SMARTS) is 2. The Kier molecular flexibility index (Phi) is 20.9. The van der Waals surface area contributed by atoms with Gasteiger partial charge < -0.3 is 57.5 Å². The molecule has 65 heavy (non-hydrogen) atoms. The summed E-state index contributed by atoms with van der Waals surface area (Å²) in [5, 5.41) is 36.2. The van der Waals surface area contributed by atoms with E-state index in [1.54, 1.807) is 10.8 Å². The number of halogens is 5. The molecule has 0 aliphatic heterocycles. The van der Waals surface area contributed by atoms with E-state index in [1.807, 2.05) is 51.1 Å². The van der Waals surface area contributed by atoms with Crippen LogP contribution in [0, 0.1) is 17.0 Å². The number of rotatable bonds is 21. The number of nitrogens with one attached hydrogen (secondary N) is 4. The van der Waals surface area contributed by atoms with Gasteiger partial charge in [-0.2, -0.15) is 13.2 Å². The van der Waals surface area contributed by atoms with Gasteiger partial charge >= 0.3 is 24.1 Å². The molecule has 3 rings (SSSR count). The highest BCUT2D eigenvalue weighted by Gasteiger charge is 2.39. The van der Waals surface area contributed by atoms with E-state index >= 15 is 0 Å². The van der Waals surface area contributed by atoms with Gasteiger partial charge in [0.25, 0.3) is 0 Å². The fourth-order valence-electron chi connectivity index (χ4n) is 6.15. The minimum absolute atomic E-state index is 0.00548. The standard InChI is InChI=1S/C39H53F2N9O8.C2HF3O2/c1-23(35(54)48-29(37(56)57)11-8-16-45-38(43)58)46-31(52)14-17-44-36(55)28(42)15-18-50(32(53)22-51)33(39(2,3)4)34-47-30(26-19-25(40)12-13-27(26)41)21-49(34)20-24-9-6-5-7-10-24;3-2(4,5)1(6)7/h5-7,9-10,12-13,19,21,23,28-29,33,51H,8,11,14-18,20,22,42H2,1-4H3,(H,44,55)(H,46,52)(H,48,54)(H,56,57)(H3,43,45,58);(H,6,7)/t23-,28-,29-,33-;/m0./s1. The van der Waals surface area contributed by atoms with Crippen LogP contribution in [-0.2, 0) is 35.3 Å². The lowest BCUT2D eigenvalue weighted by Gasteiger charge is -2.40. The number of urea groups is 1. The monoisotopic (exact) mass is 927 g/mol. The molecule has 3 aromatic rings. The zero-order valence-corrected chi connectivity index (χ0v) is 36.0. The molecule has 0 spiro atoms. The van der Waals surface area contributed by atoms with Gasteiger partial charge in [-0.25, -0.2) is 28.1 Å². The SMILES string of the molecule is C[C@H](NC(=O)CCNC(=O)[C@@H](N)CCN(C(=O)CO)[C@@H](c1nc(-c2cc(F)ccc2F)cn1Cc1ccccc1)C(C)(C)C)C(=O)N[C@@H](CCCNC(N)=O)C(=O)O.O=C(O)C(F)(F)F. The van der Waals surface area contributed by atoms with Crippen LogP contribution in [0.4, 0.5) is 26.7 Å². The van der Waals surface area contributed by atoms with Crippen LogP contribution in [0.25, 0.3) is 11.3 Å². The lowest BCUT2D eigenvalue weighted by atomic mass is 9.84. The van der Waals surface area contributed by atoms with Crippen LogP contribution in [0.5, 0.6) is 0 Å². The van der Waals surface area contributed by atoms with Crippen molar-refractivity contribution in [2.24, 2.45) is 16.9 Å². The van der Waals surface area contributed by atoms with Crippen LogP contribution in [0.1, 0.15) is 70.8 Å². The maximum Gasteiger partial charge on any atom is 0.490 e. The number of carbonyl (C=O) groups is 7. The molecule has 0 aliphatic carbocycles. The average Bonchev–Trinajstić information content (AvgIpc) is 3.62. The van der Waals surface area contributed by atoms with Gasteiger partial charge in [-0.15, -0.1) is 0 Å². The number of carboxylic acids is 2. The van der Waals surface area contributed by atoms with Crippen molar-refractivity contribution in [3.05, 3.63) is 77.8 Å². The molecule has 0 aliphatic rings. The Labute approximate surface area is 370 Å². The number of alkyl halides is 3. The highest BCUT2D eigenvalue weighted by molar-refractivity contribution is 5.90. The van der Waals surface area contributed by atoms with Crippen molar-refractivity contribution in [2.45, 2.75) is 90.3 Å². The maximum atomic E-state index is 15.0. The molecule has 0 bridgehead atoms. The number of nitrogens with zero attached hydrogens (tertiary/aromatic N) is 3. The van der Waals surface area contributed by atoms with Crippen molar-refractivity contribution in [3.63, 3.8) is 0 Å². The second-order valence-electron chi connectivity index (χ2n) is 15.6. The average molecular weight is 928 g/mol. The van der Waals surface area contributed by atoms with Gasteiger partial charge in [0.15, 0.2) is 0 Å². The molecule has 0 saturated carbocycles. The summed E-state index contributed by atoms with van der Waals surface area (Å²) in [5.41, 5.74) is 11.4. The lowest BCUT2D eigenvalue weighted by molar-refractivity contribution is -0.192. The summed E-state index contributed by atoms with van der Waals surface area (Å²) in [6, 6.07) is 7.13. The first kappa shape index (κ1) is 54.4. The maximum absolute atomic E-state index is 15.0. The molecule has 4 atom stereocenters. The fraction of sp³-hybridized carbons (Fsp3) is 0.463. The predicted octanol–water partition coefficient (Wildman–Crippen LogP) is 2.16. The molecule has 1 heterocycles. The number of aliphatic carboxylic acids is 2.